The van der Waals surface area contributed by atoms with E-state index in [4.69, 9.17) is 4.11 Å². The molecule has 58 valence electrons. The number of carbonyl (C=O) groups is 1. The highest BCUT2D eigenvalue weighted by molar-refractivity contribution is 14.1. The van der Waals surface area contributed by atoms with Gasteiger partial charge in [-0.05, 0) is 40.8 Å². The van der Waals surface area contributed by atoms with Gasteiger partial charge in [0.2, 0.25) is 0 Å². The van der Waals surface area contributed by atoms with Gasteiger partial charge in [-0.25, -0.2) is 0 Å². The van der Waals surface area contributed by atoms with Crippen LogP contribution in [0.2, 0.25) is 0 Å². The van der Waals surface area contributed by atoms with Crippen LogP contribution in [0.1, 0.15) is 14.5 Å². The normalized spacial score (nSPS) is 14.5. The third-order valence-corrected chi connectivity index (χ3v) is 1.87. The molecule has 11 heavy (non-hydrogen) atoms. The zero-order valence-electron chi connectivity index (χ0n) is 8.60. The number of carbonyl (C=O) groups excluding carboxylic acids is 1. The smallest absolute Gasteiger partial charge is 0.251 e. The summed E-state index contributed by atoms with van der Waals surface area (Å²) in [6.45, 7) is -2.43. The van der Waals surface area contributed by atoms with E-state index in [-0.39, 0.29) is 0 Å². The Morgan fingerprint density at radius 3 is 3.18 bits per heavy atom. The van der Waals surface area contributed by atoms with E-state index in [9.17, 15) is 4.79 Å². The predicted molar refractivity (Wildman–Crippen MR) is 52.5 cm³/mol. The number of rotatable bonds is 1. The first kappa shape index (κ1) is 5.13. The fraction of sp³-hybridized carbons (Fsp3) is 0.125. The van der Waals surface area contributed by atoms with Gasteiger partial charge in [-0.2, -0.15) is 0 Å². The molecule has 0 aliphatic carbocycles. The number of amides is 1. The SMILES string of the molecule is [2H]C([2H])([2H])NC(=O)c1cccc(I)c1. The highest BCUT2D eigenvalue weighted by atomic mass is 127. The number of hydrogen-bond donors (Lipinski definition) is 1. The number of benzene rings is 1. The van der Waals surface area contributed by atoms with E-state index < -0.39 is 12.9 Å². The standard InChI is InChI=1S/C8H8INO/c1-10-8(11)6-3-2-4-7(9)5-6/h2-5H,1H3,(H,10,11)/i1D3. The first-order chi connectivity index (χ1) is 6.38. The van der Waals surface area contributed by atoms with Gasteiger partial charge in [0.05, 0.1) is 0 Å². The highest BCUT2D eigenvalue weighted by Crippen LogP contribution is 2.06. The lowest BCUT2D eigenvalue weighted by Crippen LogP contribution is -2.17. The molecule has 0 saturated carbocycles. The van der Waals surface area contributed by atoms with Crippen LogP contribution in [-0.2, 0) is 0 Å². The highest BCUT2D eigenvalue weighted by Gasteiger charge is 2.00. The third-order valence-electron chi connectivity index (χ3n) is 1.20. The van der Waals surface area contributed by atoms with Gasteiger partial charge in [0, 0.05) is 20.2 Å². The maximum Gasteiger partial charge on any atom is 0.251 e. The molecule has 1 amide bonds. The van der Waals surface area contributed by atoms with E-state index in [1.165, 1.54) is 0 Å². The topological polar surface area (TPSA) is 29.1 Å². The maximum atomic E-state index is 11.3. The average molecular weight is 264 g/mol. The van der Waals surface area contributed by atoms with Crippen LogP contribution >= 0.6 is 22.6 Å². The van der Waals surface area contributed by atoms with Crippen LogP contribution in [0.5, 0.6) is 0 Å². The first-order valence-electron chi connectivity index (χ1n) is 4.46. The van der Waals surface area contributed by atoms with Crippen molar-refractivity contribution >= 4 is 28.5 Å². The van der Waals surface area contributed by atoms with Gasteiger partial charge in [-0.3, -0.25) is 4.79 Å². The van der Waals surface area contributed by atoms with Crippen molar-refractivity contribution in [2.24, 2.45) is 0 Å². The lowest BCUT2D eigenvalue weighted by atomic mass is 10.2. The fourth-order valence-corrected chi connectivity index (χ4v) is 1.24. The largest absolute Gasteiger partial charge is 0.355 e. The van der Waals surface area contributed by atoms with Crippen LogP contribution < -0.4 is 5.32 Å². The summed E-state index contributed by atoms with van der Waals surface area (Å²) in [5.41, 5.74) is 0.355. The lowest BCUT2D eigenvalue weighted by molar-refractivity contribution is 0.0963. The van der Waals surface area contributed by atoms with E-state index in [2.05, 4.69) is 22.6 Å². The minimum Gasteiger partial charge on any atom is -0.355 e. The van der Waals surface area contributed by atoms with Crippen molar-refractivity contribution < 1.29 is 8.91 Å². The summed E-state index contributed by atoms with van der Waals surface area (Å²) < 4.78 is 21.5. The van der Waals surface area contributed by atoms with E-state index >= 15 is 0 Å². The van der Waals surface area contributed by atoms with Crippen LogP contribution in [0.25, 0.3) is 0 Å². The van der Waals surface area contributed by atoms with E-state index in [1.807, 2.05) is 11.4 Å². The molecule has 3 heteroatoms. The van der Waals surface area contributed by atoms with Crippen molar-refractivity contribution in [3.05, 3.63) is 33.4 Å². The summed E-state index contributed by atoms with van der Waals surface area (Å²) in [6.07, 6.45) is 0. The first-order valence-corrected chi connectivity index (χ1v) is 4.04. The summed E-state index contributed by atoms with van der Waals surface area (Å²) in [4.78, 5) is 11.3. The Labute approximate surface area is 83.3 Å². The molecule has 0 heterocycles. The van der Waals surface area contributed by atoms with Crippen LogP contribution in [0.4, 0.5) is 0 Å². The quantitative estimate of drug-likeness (QED) is 0.768. The summed E-state index contributed by atoms with van der Waals surface area (Å²) in [5.74, 6) is -0.580. The van der Waals surface area contributed by atoms with Gasteiger partial charge in [-0.1, -0.05) is 6.07 Å². The Hall–Kier alpha value is -0.580. The predicted octanol–water partition coefficient (Wildman–Crippen LogP) is 1.65. The molecule has 1 aromatic carbocycles. The van der Waals surface area contributed by atoms with Crippen molar-refractivity contribution in [1.82, 2.24) is 5.32 Å². The van der Waals surface area contributed by atoms with Crippen molar-refractivity contribution in [2.45, 2.75) is 0 Å². The molecule has 0 aliphatic rings. The van der Waals surface area contributed by atoms with Gasteiger partial charge >= 0.3 is 0 Å². The molecule has 0 bridgehead atoms. The second-order valence-corrected chi connectivity index (χ2v) is 3.21. The zero-order valence-corrected chi connectivity index (χ0v) is 7.75. The molecule has 0 radical (unpaired) electrons. The summed E-state index contributed by atoms with van der Waals surface area (Å²) in [6, 6.07) is 6.73. The van der Waals surface area contributed by atoms with Gasteiger partial charge in [0.15, 0.2) is 0 Å². The molecule has 1 aromatic rings. The molecule has 0 aliphatic heterocycles. The number of halogens is 1. The Morgan fingerprint density at radius 2 is 2.55 bits per heavy atom. The fourth-order valence-electron chi connectivity index (χ4n) is 0.702. The van der Waals surface area contributed by atoms with E-state index in [0.717, 1.165) is 3.57 Å². The molecule has 0 saturated heterocycles. The van der Waals surface area contributed by atoms with Gasteiger partial charge < -0.3 is 5.32 Å². The average Bonchev–Trinajstić information content (AvgIpc) is 2.01. The van der Waals surface area contributed by atoms with Crippen LogP contribution in [0, 0.1) is 3.57 Å². The van der Waals surface area contributed by atoms with E-state index in [0.29, 0.717) is 5.56 Å². The Kier molecular flexibility index (Phi) is 1.73. The van der Waals surface area contributed by atoms with Crippen molar-refractivity contribution in [2.75, 3.05) is 6.98 Å². The van der Waals surface area contributed by atoms with Crippen molar-refractivity contribution in [1.29, 1.82) is 0 Å². The molecular weight excluding hydrogens is 253 g/mol. The minimum absolute atomic E-state index is 0.355. The Balaban J connectivity index is 2.80. The van der Waals surface area contributed by atoms with Crippen molar-refractivity contribution in [3.63, 3.8) is 0 Å². The molecule has 1 rings (SSSR count). The number of nitrogens with one attached hydrogen (secondary N) is 1. The molecular formula is C8H8INO. The molecule has 1 N–H and O–H groups in total. The molecule has 0 atom stereocenters. The molecule has 0 fully saturated rings. The monoisotopic (exact) mass is 264 g/mol. The second-order valence-electron chi connectivity index (χ2n) is 1.96. The zero-order chi connectivity index (χ0) is 10.8. The lowest BCUT2D eigenvalue weighted by Gasteiger charge is -1.98. The minimum atomic E-state index is -2.43. The second kappa shape index (κ2) is 3.71. The van der Waals surface area contributed by atoms with Gasteiger partial charge in [0.1, 0.15) is 0 Å². The van der Waals surface area contributed by atoms with E-state index in [1.54, 1.807) is 18.2 Å². The number of hydrogen-bond acceptors (Lipinski definition) is 1. The molecule has 2 nitrogen and oxygen atoms in total. The Morgan fingerprint density at radius 1 is 1.73 bits per heavy atom. The molecule has 0 aromatic heterocycles. The molecule has 0 unspecified atom stereocenters. The van der Waals surface area contributed by atoms with Crippen LogP contribution in [0.3, 0.4) is 0 Å². The molecule has 0 spiro atoms. The van der Waals surface area contributed by atoms with Crippen LogP contribution in [-0.4, -0.2) is 12.9 Å². The third kappa shape index (κ3) is 2.18. The van der Waals surface area contributed by atoms with Crippen molar-refractivity contribution in [3.8, 4) is 0 Å². The summed E-state index contributed by atoms with van der Waals surface area (Å²) >= 11 is 2.06. The summed E-state index contributed by atoms with van der Waals surface area (Å²) in [5, 5.41) is 1.92. The Bertz CT molecular complexity index is 351. The van der Waals surface area contributed by atoms with Crippen LogP contribution in [0.15, 0.2) is 24.3 Å². The van der Waals surface area contributed by atoms with Gasteiger partial charge in [-0.15, -0.1) is 0 Å². The van der Waals surface area contributed by atoms with Gasteiger partial charge in [0.25, 0.3) is 5.91 Å². The summed E-state index contributed by atoms with van der Waals surface area (Å²) in [7, 11) is 0. The maximum absolute atomic E-state index is 11.3.